The molecule has 2 aromatic heterocycles. The molecule has 1 fully saturated rings. The Morgan fingerprint density at radius 3 is 2.58 bits per heavy atom. The Morgan fingerprint density at radius 2 is 1.88 bits per heavy atom. The quantitative estimate of drug-likeness (QED) is 0.770. The van der Waals surface area contributed by atoms with E-state index in [0.717, 1.165) is 25.7 Å². The molecule has 0 atom stereocenters. The van der Waals surface area contributed by atoms with Crippen LogP contribution in [0.1, 0.15) is 42.2 Å². The first-order valence-corrected chi connectivity index (χ1v) is 8.74. The fourth-order valence-corrected chi connectivity index (χ4v) is 3.61. The Morgan fingerprint density at radius 1 is 1.15 bits per heavy atom. The van der Waals surface area contributed by atoms with Crippen LogP contribution in [0.4, 0.5) is 0 Å². The summed E-state index contributed by atoms with van der Waals surface area (Å²) in [5.74, 6) is -0.235. The largest absolute Gasteiger partial charge is 0.348 e. The summed E-state index contributed by atoms with van der Waals surface area (Å²) in [5, 5.41) is 12.6. The van der Waals surface area contributed by atoms with Crippen molar-refractivity contribution in [3.8, 4) is 0 Å². The molecule has 1 aliphatic rings. The van der Waals surface area contributed by atoms with Gasteiger partial charge in [0.2, 0.25) is 0 Å². The maximum atomic E-state index is 12.8. The molecule has 0 spiro atoms. The van der Waals surface area contributed by atoms with E-state index in [-0.39, 0.29) is 17.5 Å². The van der Waals surface area contributed by atoms with Crippen LogP contribution in [0.25, 0.3) is 10.8 Å². The highest BCUT2D eigenvalue weighted by Crippen LogP contribution is 2.27. The Balaban J connectivity index is 1.50. The van der Waals surface area contributed by atoms with Crippen molar-refractivity contribution in [3.05, 3.63) is 53.0 Å². The van der Waals surface area contributed by atoms with E-state index in [1.54, 1.807) is 37.9 Å². The third kappa shape index (κ3) is 2.98. The maximum Gasteiger partial charge on any atom is 0.274 e. The first-order chi connectivity index (χ1) is 12.6. The standard InChI is InChI=1S/C18H20N6O2/c1-23-18(26)15-5-3-2-4-14(15)16(22-23)17(25)21-12-6-8-13(9-7-12)24-11-19-10-20-24/h2-5,10-13H,6-9H2,1H3,(H,21,25). The van der Waals surface area contributed by atoms with Crippen molar-refractivity contribution < 1.29 is 4.79 Å². The number of aromatic nitrogens is 5. The predicted molar refractivity (Wildman–Crippen MR) is 95.8 cm³/mol. The molecule has 134 valence electrons. The van der Waals surface area contributed by atoms with Gasteiger partial charge in [0.05, 0.1) is 11.4 Å². The summed E-state index contributed by atoms with van der Waals surface area (Å²) < 4.78 is 3.11. The van der Waals surface area contributed by atoms with E-state index in [2.05, 4.69) is 20.5 Å². The smallest absolute Gasteiger partial charge is 0.274 e. The highest BCUT2D eigenvalue weighted by molar-refractivity contribution is 6.04. The van der Waals surface area contributed by atoms with Crippen molar-refractivity contribution >= 4 is 16.7 Å². The van der Waals surface area contributed by atoms with Crippen molar-refractivity contribution in [2.24, 2.45) is 7.05 Å². The van der Waals surface area contributed by atoms with E-state index in [9.17, 15) is 9.59 Å². The van der Waals surface area contributed by atoms with Crippen molar-refractivity contribution in [1.82, 2.24) is 29.9 Å². The molecule has 8 heteroatoms. The van der Waals surface area contributed by atoms with Crippen LogP contribution in [0.5, 0.6) is 0 Å². The van der Waals surface area contributed by atoms with Crippen molar-refractivity contribution in [2.75, 3.05) is 0 Å². The Hall–Kier alpha value is -3.03. The second-order valence-electron chi connectivity index (χ2n) is 6.68. The number of fused-ring (bicyclic) bond motifs is 1. The molecule has 0 radical (unpaired) electrons. The molecule has 26 heavy (non-hydrogen) atoms. The van der Waals surface area contributed by atoms with Gasteiger partial charge >= 0.3 is 0 Å². The second-order valence-corrected chi connectivity index (χ2v) is 6.68. The van der Waals surface area contributed by atoms with Crippen LogP contribution in [0.3, 0.4) is 0 Å². The molecular formula is C18H20N6O2. The molecule has 0 unspecified atom stereocenters. The van der Waals surface area contributed by atoms with Gasteiger partial charge in [-0.3, -0.25) is 9.59 Å². The Labute approximate surface area is 149 Å². The van der Waals surface area contributed by atoms with Crippen LogP contribution in [0.2, 0.25) is 0 Å². The van der Waals surface area contributed by atoms with E-state index >= 15 is 0 Å². The molecule has 0 saturated heterocycles. The highest BCUT2D eigenvalue weighted by atomic mass is 16.2. The molecule has 1 N–H and O–H groups in total. The number of benzene rings is 1. The van der Waals surface area contributed by atoms with E-state index in [1.807, 2.05) is 10.7 Å². The molecule has 1 aliphatic carbocycles. The summed E-state index contributed by atoms with van der Waals surface area (Å²) in [6, 6.07) is 7.52. The van der Waals surface area contributed by atoms with Crippen LogP contribution < -0.4 is 10.9 Å². The van der Waals surface area contributed by atoms with Crippen molar-refractivity contribution in [1.29, 1.82) is 0 Å². The number of nitrogens with one attached hydrogen (secondary N) is 1. The number of hydrogen-bond acceptors (Lipinski definition) is 5. The fourth-order valence-electron chi connectivity index (χ4n) is 3.61. The van der Waals surface area contributed by atoms with Gasteiger partial charge in [0.15, 0.2) is 5.69 Å². The van der Waals surface area contributed by atoms with Gasteiger partial charge in [-0.05, 0) is 31.7 Å². The van der Waals surface area contributed by atoms with Gasteiger partial charge in [0, 0.05) is 18.5 Å². The maximum absolute atomic E-state index is 12.8. The number of amides is 1. The predicted octanol–water partition coefficient (Wildman–Crippen LogP) is 1.44. The Bertz CT molecular complexity index is 987. The lowest BCUT2D eigenvalue weighted by atomic mass is 9.91. The molecule has 4 rings (SSSR count). The Kier molecular flexibility index (Phi) is 4.24. The summed E-state index contributed by atoms with van der Waals surface area (Å²) in [5.41, 5.74) is 0.0894. The minimum atomic E-state index is -0.235. The number of hydrogen-bond donors (Lipinski definition) is 1. The highest BCUT2D eigenvalue weighted by Gasteiger charge is 2.25. The first kappa shape index (κ1) is 16.4. The second kappa shape index (κ2) is 6.70. The van der Waals surface area contributed by atoms with E-state index in [0.29, 0.717) is 22.5 Å². The molecule has 1 saturated carbocycles. The SMILES string of the molecule is Cn1nc(C(=O)NC2CCC(n3cncn3)CC2)c2ccccc2c1=O. The van der Waals surface area contributed by atoms with E-state index in [4.69, 9.17) is 0 Å². The van der Waals surface area contributed by atoms with Crippen LogP contribution in [-0.4, -0.2) is 36.5 Å². The van der Waals surface area contributed by atoms with Gasteiger partial charge in [0.1, 0.15) is 12.7 Å². The van der Waals surface area contributed by atoms with Gasteiger partial charge in [-0.15, -0.1) is 0 Å². The third-order valence-corrected chi connectivity index (χ3v) is 5.01. The van der Waals surface area contributed by atoms with Crippen LogP contribution in [0.15, 0.2) is 41.7 Å². The van der Waals surface area contributed by atoms with Gasteiger partial charge in [-0.2, -0.15) is 10.2 Å². The minimum Gasteiger partial charge on any atom is -0.348 e. The normalized spacial score (nSPS) is 20.2. The number of carbonyl (C=O) groups is 1. The van der Waals surface area contributed by atoms with E-state index in [1.165, 1.54) is 4.68 Å². The van der Waals surface area contributed by atoms with E-state index < -0.39 is 0 Å². The molecule has 0 aliphatic heterocycles. The van der Waals surface area contributed by atoms with Crippen LogP contribution >= 0.6 is 0 Å². The average Bonchev–Trinajstić information content (AvgIpc) is 3.20. The van der Waals surface area contributed by atoms with Crippen LogP contribution in [0, 0.1) is 0 Å². The number of nitrogens with zero attached hydrogens (tertiary/aromatic N) is 5. The topological polar surface area (TPSA) is 94.7 Å². The lowest BCUT2D eigenvalue weighted by molar-refractivity contribution is 0.0916. The van der Waals surface area contributed by atoms with Gasteiger partial charge in [-0.1, -0.05) is 18.2 Å². The number of carbonyl (C=O) groups excluding carboxylic acids is 1. The zero-order valence-electron chi connectivity index (χ0n) is 14.5. The first-order valence-electron chi connectivity index (χ1n) is 8.74. The number of aryl methyl sites for hydroxylation is 1. The summed E-state index contributed by atoms with van der Waals surface area (Å²) in [7, 11) is 1.56. The molecular weight excluding hydrogens is 332 g/mol. The summed E-state index contributed by atoms with van der Waals surface area (Å²) in [6.45, 7) is 0. The molecule has 1 amide bonds. The molecule has 2 heterocycles. The lowest BCUT2D eigenvalue weighted by Gasteiger charge is -2.29. The van der Waals surface area contributed by atoms with Gasteiger partial charge < -0.3 is 5.32 Å². The number of rotatable bonds is 3. The monoisotopic (exact) mass is 352 g/mol. The zero-order chi connectivity index (χ0) is 18.1. The molecule has 1 aromatic carbocycles. The van der Waals surface area contributed by atoms with Crippen molar-refractivity contribution in [3.63, 3.8) is 0 Å². The summed E-state index contributed by atoms with van der Waals surface area (Å²) in [4.78, 5) is 29.0. The average molecular weight is 352 g/mol. The molecule has 8 nitrogen and oxygen atoms in total. The molecule has 0 bridgehead atoms. The third-order valence-electron chi connectivity index (χ3n) is 5.01. The fraction of sp³-hybridized carbons (Fsp3) is 0.389. The molecule has 3 aromatic rings. The van der Waals surface area contributed by atoms with Crippen LogP contribution in [-0.2, 0) is 7.05 Å². The lowest BCUT2D eigenvalue weighted by Crippen LogP contribution is -2.39. The van der Waals surface area contributed by atoms with Gasteiger partial charge in [0.25, 0.3) is 11.5 Å². The van der Waals surface area contributed by atoms with Gasteiger partial charge in [-0.25, -0.2) is 14.3 Å². The minimum absolute atomic E-state index is 0.0973. The summed E-state index contributed by atoms with van der Waals surface area (Å²) in [6.07, 6.45) is 6.92. The zero-order valence-corrected chi connectivity index (χ0v) is 14.5. The van der Waals surface area contributed by atoms with Crippen molar-refractivity contribution in [2.45, 2.75) is 37.8 Å². The summed E-state index contributed by atoms with van der Waals surface area (Å²) >= 11 is 0.